The number of halogens is 6. The van der Waals surface area contributed by atoms with Crippen molar-refractivity contribution in [2.45, 2.75) is 14.1 Å². The number of alkyl halides is 4. The van der Waals surface area contributed by atoms with E-state index in [-0.39, 0.29) is 48.3 Å². The molecule has 4 atom stereocenters. The predicted octanol–water partition coefficient (Wildman–Crippen LogP) is 4.06. The van der Waals surface area contributed by atoms with E-state index in [1.807, 2.05) is 0 Å². The number of aromatic nitrogens is 1. The number of aromatic amines is 1. The number of fused-ring (bicyclic) bond motifs is 5. The Morgan fingerprint density at radius 3 is 1.81 bits per heavy atom. The smallest absolute Gasteiger partial charge is 0.304 e. The third-order valence-electron chi connectivity index (χ3n) is 4.62. The molecule has 3 aliphatic rings. The van der Waals surface area contributed by atoms with Gasteiger partial charge in [0.2, 0.25) is 5.56 Å². The van der Waals surface area contributed by atoms with Crippen molar-refractivity contribution in [3.8, 4) is 0 Å². The van der Waals surface area contributed by atoms with Gasteiger partial charge in [-0.3, -0.25) is 13.2 Å². The van der Waals surface area contributed by atoms with E-state index >= 15 is 0 Å². The van der Waals surface area contributed by atoms with E-state index in [1.54, 1.807) is 18.3 Å². The average molecular weight is 567 g/mol. The van der Waals surface area contributed by atoms with Gasteiger partial charge in [-0.1, -0.05) is 52.5 Å². The minimum Gasteiger partial charge on any atom is -0.329 e. The second-order valence-corrected chi connectivity index (χ2v) is 9.99. The maximum absolute atomic E-state index is 11.3. The SMILES string of the molecule is O=S1OCC2C(CO1)C1(Cl)C(Cl)=C(Cl)C2(Cl)C1(Cl)Cl.O=c1cccc[nH]1.[Zn]. The first kappa shape index (κ1) is 24.4. The molecule has 1 aliphatic heterocycles. The van der Waals surface area contributed by atoms with Gasteiger partial charge in [0.15, 0.2) is 4.33 Å². The summed E-state index contributed by atoms with van der Waals surface area (Å²) >= 11 is 36.4. The molecule has 4 unspecified atom stereocenters. The van der Waals surface area contributed by atoms with E-state index in [2.05, 4.69) is 4.98 Å². The molecule has 1 saturated heterocycles. The summed E-state index contributed by atoms with van der Waals surface area (Å²) in [6.07, 6.45) is 1.60. The average Bonchev–Trinajstić information content (AvgIpc) is 2.77. The molecular weight excluding hydrogens is 556 g/mol. The quantitative estimate of drug-likeness (QED) is 0.380. The van der Waals surface area contributed by atoms with Gasteiger partial charge in [-0.05, 0) is 6.07 Å². The molecule has 1 saturated carbocycles. The fourth-order valence-electron chi connectivity index (χ4n) is 3.34. The molecule has 2 fully saturated rings. The van der Waals surface area contributed by atoms with Crippen LogP contribution < -0.4 is 5.56 Å². The Bertz CT molecular complexity index is 780. The van der Waals surface area contributed by atoms with E-state index in [4.69, 9.17) is 78.0 Å². The van der Waals surface area contributed by atoms with Gasteiger partial charge in [0.25, 0.3) is 0 Å². The van der Waals surface area contributed by atoms with Crippen LogP contribution in [0.25, 0.3) is 0 Å². The monoisotopic (exact) mass is 563 g/mol. The van der Waals surface area contributed by atoms with E-state index in [0.717, 1.165) is 0 Å². The zero-order valence-corrected chi connectivity index (χ0v) is 21.7. The number of nitrogens with one attached hydrogen (secondary N) is 1. The number of hydrogen-bond acceptors (Lipinski definition) is 4. The van der Waals surface area contributed by atoms with Gasteiger partial charge in [-0.25, -0.2) is 0 Å². The summed E-state index contributed by atoms with van der Waals surface area (Å²) in [4.78, 5) is 9.91. The summed E-state index contributed by atoms with van der Waals surface area (Å²) in [6, 6.07) is 4.93. The molecule has 1 aromatic rings. The van der Waals surface area contributed by atoms with E-state index < -0.39 is 37.3 Å². The Kier molecular flexibility index (Phi) is 7.86. The molecule has 0 aromatic carbocycles. The fourth-order valence-corrected chi connectivity index (χ4v) is 6.98. The molecule has 2 aliphatic carbocycles. The summed E-state index contributed by atoms with van der Waals surface area (Å²) in [5.41, 5.74) is -0.0532. The summed E-state index contributed by atoms with van der Waals surface area (Å²) in [5, 5.41) is 0.210. The van der Waals surface area contributed by atoms with Crippen LogP contribution in [0.4, 0.5) is 0 Å². The number of hydrogen-bond donors (Lipinski definition) is 1. The molecule has 13 heteroatoms. The molecule has 27 heavy (non-hydrogen) atoms. The van der Waals surface area contributed by atoms with Crippen molar-refractivity contribution in [1.29, 1.82) is 0 Å². The van der Waals surface area contributed by atoms with Crippen LogP contribution >= 0.6 is 69.6 Å². The van der Waals surface area contributed by atoms with Crippen molar-refractivity contribution in [2.75, 3.05) is 13.2 Å². The van der Waals surface area contributed by atoms with Crippen molar-refractivity contribution in [2.24, 2.45) is 11.8 Å². The van der Waals surface area contributed by atoms with Gasteiger partial charge < -0.3 is 4.98 Å². The van der Waals surface area contributed by atoms with E-state index in [0.29, 0.717) is 0 Å². The second kappa shape index (κ2) is 8.70. The Labute approximate surface area is 200 Å². The molecule has 146 valence electrons. The molecule has 0 amide bonds. The molecule has 1 aromatic heterocycles. The van der Waals surface area contributed by atoms with Crippen molar-refractivity contribution in [1.82, 2.24) is 4.98 Å². The normalized spacial score (nSPS) is 39.0. The molecule has 0 radical (unpaired) electrons. The van der Waals surface area contributed by atoms with E-state index in [1.165, 1.54) is 6.07 Å². The molecule has 2 bridgehead atoms. The summed E-state index contributed by atoms with van der Waals surface area (Å²) in [5.74, 6) is -0.911. The van der Waals surface area contributed by atoms with Gasteiger partial charge in [0.1, 0.15) is 9.75 Å². The summed E-state index contributed by atoms with van der Waals surface area (Å²) in [6.45, 7) is 0.0215. The van der Waals surface area contributed by atoms with Crippen LogP contribution in [0.15, 0.2) is 39.3 Å². The summed E-state index contributed by atoms with van der Waals surface area (Å²) in [7, 11) is 0. The topological polar surface area (TPSA) is 68.4 Å². The zero-order chi connectivity index (χ0) is 19.3. The van der Waals surface area contributed by atoms with Crippen molar-refractivity contribution in [3.05, 3.63) is 44.8 Å². The Hall–Kier alpha value is 1.12. The zero-order valence-electron chi connectivity index (χ0n) is 13.4. The molecule has 0 spiro atoms. The molecular formula is C14H11Cl6NO4SZn. The number of H-pyrrole nitrogens is 1. The van der Waals surface area contributed by atoms with Crippen LogP contribution in [0, 0.1) is 11.8 Å². The third-order valence-corrected chi connectivity index (χ3v) is 9.63. The van der Waals surface area contributed by atoms with Crippen LogP contribution in [-0.4, -0.2) is 36.5 Å². The van der Waals surface area contributed by atoms with Gasteiger partial charge in [0.05, 0.1) is 23.3 Å². The molecule has 4 rings (SSSR count). The maximum Gasteiger partial charge on any atom is 0.304 e. The Balaban J connectivity index is 0.000000278. The predicted molar refractivity (Wildman–Crippen MR) is 104 cm³/mol. The largest absolute Gasteiger partial charge is 0.329 e. The summed E-state index contributed by atoms with van der Waals surface area (Å²) < 4.78 is 19.7. The first-order valence-corrected chi connectivity index (χ1v) is 10.5. The van der Waals surface area contributed by atoms with Crippen LogP contribution in [0.5, 0.6) is 0 Å². The molecule has 1 N–H and O–H groups in total. The first-order valence-electron chi connectivity index (χ1n) is 7.22. The molecule has 2 heterocycles. The van der Waals surface area contributed by atoms with Crippen LogP contribution in [0.2, 0.25) is 0 Å². The second-order valence-electron chi connectivity index (χ2n) is 5.84. The minimum atomic E-state index is -1.86. The number of rotatable bonds is 0. The Morgan fingerprint density at radius 2 is 1.48 bits per heavy atom. The van der Waals surface area contributed by atoms with Crippen molar-refractivity contribution in [3.63, 3.8) is 0 Å². The maximum atomic E-state index is 11.3. The fraction of sp³-hybridized carbons (Fsp3) is 0.500. The minimum absolute atomic E-state index is 0. The van der Waals surface area contributed by atoms with Crippen LogP contribution in [0.3, 0.4) is 0 Å². The van der Waals surface area contributed by atoms with Gasteiger partial charge in [-0.2, -0.15) is 4.21 Å². The number of allylic oxidation sites excluding steroid dienone is 2. The standard InChI is InChI=1S/C9H6Cl6O3S.C5H5NO.Zn/c10-5-6(11)8(13)4-2-18-19(16)17-1-3(4)7(5,12)9(8,14)15;7-5-3-1-2-4-6-5;/h3-4H,1-2H2;1-4H,(H,6,7);. The van der Waals surface area contributed by atoms with Gasteiger partial charge in [0, 0.05) is 43.6 Å². The van der Waals surface area contributed by atoms with E-state index in [9.17, 15) is 9.00 Å². The van der Waals surface area contributed by atoms with Crippen molar-refractivity contribution >= 4 is 81.0 Å². The van der Waals surface area contributed by atoms with Gasteiger partial charge in [-0.15, -0.1) is 23.2 Å². The van der Waals surface area contributed by atoms with Crippen LogP contribution in [0.1, 0.15) is 0 Å². The van der Waals surface area contributed by atoms with Crippen molar-refractivity contribution < 1.29 is 32.1 Å². The Morgan fingerprint density at radius 1 is 1.00 bits per heavy atom. The molecule has 5 nitrogen and oxygen atoms in total. The third kappa shape index (κ3) is 3.58. The van der Waals surface area contributed by atoms with Crippen LogP contribution in [-0.2, 0) is 39.2 Å². The first-order chi connectivity index (χ1) is 12.1. The number of pyridine rings is 1. The van der Waals surface area contributed by atoms with Gasteiger partial charge >= 0.3 is 11.4 Å².